The molecule has 1 heterocycles. The molecule has 78 valence electrons. The van der Waals surface area contributed by atoms with Gasteiger partial charge in [0.05, 0.1) is 0 Å². The normalized spacial score (nSPS) is 16.1. The Bertz CT molecular complexity index is 317. The summed E-state index contributed by atoms with van der Waals surface area (Å²) in [5.74, 6) is 0.971. The van der Waals surface area contributed by atoms with E-state index in [0.717, 1.165) is 31.1 Å². The van der Waals surface area contributed by atoms with Gasteiger partial charge in [-0.15, -0.1) is 12.4 Å². The molecule has 1 aliphatic rings. The van der Waals surface area contributed by atoms with Gasteiger partial charge in [-0.2, -0.15) is 0 Å². The number of nitrogens with zero attached hydrogens (tertiary/aromatic N) is 1. The highest BCUT2D eigenvalue weighted by Gasteiger charge is 2.11. The molecule has 14 heavy (non-hydrogen) atoms. The molecule has 0 radical (unpaired) electrons. The van der Waals surface area contributed by atoms with Crippen molar-refractivity contribution in [1.82, 2.24) is 4.90 Å². The van der Waals surface area contributed by atoms with Crippen molar-refractivity contribution >= 4 is 18.1 Å². The number of nitrogens with two attached hydrogens (primary N) is 1. The minimum absolute atomic E-state index is 0. The fourth-order valence-corrected chi connectivity index (χ4v) is 1.55. The Kier molecular flexibility index (Phi) is 3.61. The van der Waals surface area contributed by atoms with Crippen molar-refractivity contribution in [2.24, 2.45) is 0 Å². The minimum Gasteiger partial charge on any atom is -0.492 e. The largest absolute Gasteiger partial charge is 0.492 e. The average Bonchev–Trinajstić information content (AvgIpc) is 2.25. The summed E-state index contributed by atoms with van der Waals surface area (Å²) in [4.78, 5) is 2.23. The summed E-state index contributed by atoms with van der Waals surface area (Å²) in [5.41, 5.74) is 7.69. The molecule has 0 bridgehead atoms. The molecule has 0 amide bonds. The van der Waals surface area contributed by atoms with Crippen LogP contribution < -0.4 is 10.5 Å². The van der Waals surface area contributed by atoms with Gasteiger partial charge >= 0.3 is 0 Å². The first-order valence-corrected chi connectivity index (χ1v) is 4.45. The van der Waals surface area contributed by atoms with Gasteiger partial charge in [-0.25, -0.2) is 0 Å². The van der Waals surface area contributed by atoms with Crippen LogP contribution in [-0.4, -0.2) is 25.1 Å². The Hall–Kier alpha value is -0.930. The van der Waals surface area contributed by atoms with E-state index < -0.39 is 0 Å². The monoisotopic (exact) mass is 214 g/mol. The highest BCUT2D eigenvalue weighted by Crippen LogP contribution is 2.24. The predicted molar refractivity (Wildman–Crippen MR) is 59.9 cm³/mol. The first kappa shape index (κ1) is 11.1. The van der Waals surface area contributed by atoms with Crippen molar-refractivity contribution in [2.75, 3.05) is 25.9 Å². The molecule has 0 unspecified atom stereocenters. The van der Waals surface area contributed by atoms with E-state index >= 15 is 0 Å². The Labute approximate surface area is 90.3 Å². The average molecular weight is 215 g/mol. The lowest BCUT2D eigenvalue weighted by atomic mass is 10.2. The highest BCUT2D eigenvalue weighted by molar-refractivity contribution is 5.85. The second-order valence-electron chi connectivity index (χ2n) is 3.45. The zero-order valence-electron chi connectivity index (χ0n) is 8.19. The van der Waals surface area contributed by atoms with E-state index in [0.29, 0.717) is 0 Å². The van der Waals surface area contributed by atoms with Crippen molar-refractivity contribution in [3.8, 4) is 5.75 Å². The number of fused-ring (bicyclic) bond motifs is 1. The van der Waals surface area contributed by atoms with Crippen LogP contribution in [0.25, 0.3) is 0 Å². The molecule has 0 saturated heterocycles. The van der Waals surface area contributed by atoms with Crippen LogP contribution in [0.15, 0.2) is 18.2 Å². The smallest absolute Gasteiger partial charge is 0.124 e. The van der Waals surface area contributed by atoms with E-state index in [1.165, 1.54) is 5.56 Å². The second-order valence-corrected chi connectivity index (χ2v) is 3.45. The fourth-order valence-electron chi connectivity index (χ4n) is 1.55. The number of ether oxygens (including phenoxy) is 1. The van der Waals surface area contributed by atoms with Gasteiger partial charge in [0.15, 0.2) is 0 Å². The molecular weight excluding hydrogens is 200 g/mol. The third kappa shape index (κ3) is 2.30. The number of hydrogen-bond donors (Lipinski definition) is 1. The molecule has 0 spiro atoms. The van der Waals surface area contributed by atoms with Gasteiger partial charge in [0.2, 0.25) is 0 Å². The lowest BCUT2D eigenvalue weighted by molar-refractivity contribution is 0.259. The van der Waals surface area contributed by atoms with E-state index in [1.807, 2.05) is 18.2 Å². The first-order chi connectivity index (χ1) is 6.25. The topological polar surface area (TPSA) is 38.5 Å². The highest BCUT2D eigenvalue weighted by atomic mass is 35.5. The van der Waals surface area contributed by atoms with Crippen molar-refractivity contribution in [2.45, 2.75) is 6.54 Å². The van der Waals surface area contributed by atoms with Gasteiger partial charge in [0.1, 0.15) is 12.4 Å². The Morgan fingerprint density at radius 1 is 1.43 bits per heavy atom. The van der Waals surface area contributed by atoms with Crippen LogP contribution in [0.1, 0.15) is 5.56 Å². The molecule has 0 aromatic heterocycles. The van der Waals surface area contributed by atoms with Crippen LogP contribution in [0.5, 0.6) is 5.75 Å². The van der Waals surface area contributed by atoms with Crippen LogP contribution in [0, 0.1) is 0 Å². The Morgan fingerprint density at radius 2 is 2.21 bits per heavy atom. The van der Waals surface area contributed by atoms with E-state index in [9.17, 15) is 0 Å². The quantitative estimate of drug-likeness (QED) is 0.666. The van der Waals surface area contributed by atoms with E-state index in [-0.39, 0.29) is 12.4 Å². The summed E-state index contributed by atoms with van der Waals surface area (Å²) in [5, 5.41) is 0. The molecule has 0 fully saturated rings. The number of nitrogen functional groups attached to an aromatic ring is 1. The maximum absolute atomic E-state index is 5.70. The third-order valence-electron chi connectivity index (χ3n) is 2.26. The molecule has 2 rings (SSSR count). The molecule has 1 aromatic rings. The minimum atomic E-state index is 0. The van der Waals surface area contributed by atoms with Crippen LogP contribution in [0.2, 0.25) is 0 Å². The molecule has 2 N–H and O–H groups in total. The van der Waals surface area contributed by atoms with Crippen LogP contribution >= 0.6 is 12.4 Å². The summed E-state index contributed by atoms with van der Waals surface area (Å²) in [6.45, 7) is 2.64. The molecule has 1 aromatic carbocycles. The van der Waals surface area contributed by atoms with Gasteiger partial charge < -0.3 is 10.5 Å². The van der Waals surface area contributed by atoms with Crippen molar-refractivity contribution < 1.29 is 4.74 Å². The Morgan fingerprint density at radius 3 is 3.00 bits per heavy atom. The molecule has 0 saturated carbocycles. The van der Waals surface area contributed by atoms with Gasteiger partial charge in [0, 0.05) is 24.3 Å². The van der Waals surface area contributed by atoms with E-state index in [1.54, 1.807) is 0 Å². The molecular formula is C10H15ClN2O. The Balaban J connectivity index is 0.000000980. The molecule has 1 aliphatic heterocycles. The molecule has 3 nitrogen and oxygen atoms in total. The van der Waals surface area contributed by atoms with Crippen LogP contribution in [0.3, 0.4) is 0 Å². The fraction of sp³-hybridized carbons (Fsp3) is 0.400. The molecule has 0 atom stereocenters. The van der Waals surface area contributed by atoms with Crippen molar-refractivity contribution in [1.29, 1.82) is 0 Å². The maximum atomic E-state index is 5.70. The number of likely N-dealkylation sites (N-methyl/N-ethyl adjacent to an activating group) is 1. The summed E-state index contributed by atoms with van der Waals surface area (Å²) in [7, 11) is 2.08. The first-order valence-electron chi connectivity index (χ1n) is 4.45. The number of benzene rings is 1. The zero-order valence-corrected chi connectivity index (χ0v) is 9.01. The van der Waals surface area contributed by atoms with Gasteiger partial charge in [-0.05, 0) is 25.2 Å². The SMILES string of the molecule is CN1CCOc2ccc(N)cc2C1.Cl. The van der Waals surface area contributed by atoms with Crippen molar-refractivity contribution in [3.63, 3.8) is 0 Å². The van der Waals surface area contributed by atoms with Gasteiger partial charge in [-0.1, -0.05) is 0 Å². The second kappa shape index (κ2) is 4.53. The standard InChI is InChI=1S/C10H14N2O.ClH/c1-12-4-5-13-10-3-2-9(11)6-8(10)7-12;/h2-3,6H,4-5,7,11H2,1H3;1H. The number of hydrogen-bond acceptors (Lipinski definition) is 3. The van der Waals surface area contributed by atoms with Crippen LogP contribution in [0.4, 0.5) is 5.69 Å². The third-order valence-corrected chi connectivity index (χ3v) is 2.26. The summed E-state index contributed by atoms with van der Waals surface area (Å²) in [6, 6.07) is 5.81. The molecule has 4 heteroatoms. The van der Waals surface area contributed by atoms with Crippen LogP contribution in [-0.2, 0) is 6.54 Å². The van der Waals surface area contributed by atoms with E-state index in [4.69, 9.17) is 10.5 Å². The maximum Gasteiger partial charge on any atom is 0.124 e. The summed E-state index contributed by atoms with van der Waals surface area (Å²) in [6.07, 6.45) is 0. The summed E-state index contributed by atoms with van der Waals surface area (Å²) >= 11 is 0. The van der Waals surface area contributed by atoms with Gasteiger partial charge in [-0.3, -0.25) is 4.90 Å². The predicted octanol–water partition coefficient (Wildman–Crippen LogP) is 1.51. The van der Waals surface area contributed by atoms with Gasteiger partial charge in [0.25, 0.3) is 0 Å². The summed E-state index contributed by atoms with van der Waals surface area (Å²) < 4.78 is 5.58. The lowest BCUT2D eigenvalue weighted by Gasteiger charge is -2.11. The zero-order chi connectivity index (χ0) is 9.26. The number of rotatable bonds is 0. The molecule has 0 aliphatic carbocycles. The lowest BCUT2D eigenvalue weighted by Crippen LogP contribution is -2.20. The number of halogens is 1. The van der Waals surface area contributed by atoms with Crippen molar-refractivity contribution in [3.05, 3.63) is 23.8 Å². The van der Waals surface area contributed by atoms with E-state index in [2.05, 4.69) is 11.9 Å². The number of anilines is 1.